The molecule has 2 aliphatic rings. The molecule has 1 saturated carbocycles. The second kappa shape index (κ2) is 5.20. The van der Waals surface area contributed by atoms with E-state index in [0.29, 0.717) is 0 Å². The first-order chi connectivity index (χ1) is 11.2. The Labute approximate surface area is 134 Å². The van der Waals surface area contributed by atoms with E-state index in [2.05, 4.69) is 6.07 Å². The van der Waals surface area contributed by atoms with Crippen molar-refractivity contribution in [1.29, 1.82) is 5.26 Å². The van der Waals surface area contributed by atoms with Crippen molar-refractivity contribution >= 4 is 0 Å². The highest BCUT2D eigenvalue weighted by molar-refractivity contribution is 5.46. The van der Waals surface area contributed by atoms with Gasteiger partial charge in [-0.05, 0) is 54.7 Å². The SMILES string of the molecule is N#C[C@H]1C[C@@H]2[C@H](C1)c1cc(O)ccc1O[C@@H]2c1ccc(O)cc1. The maximum Gasteiger partial charge on any atom is 0.127 e. The maximum atomic E-state index is 9.80. The molecule has 0 amide bonds. The van der Waals surface area contributed by atoms with Crippen molar-refractivity contribution in [3.63, 3.8) is 0 Å². The van der Waals surface area contributed by atoms with Crippen LogP contribution in [0.1, 0.15) is 36.0 Å². The van der Waals surface area contributed by atoms with Crippen molar-refractivity contribution < 1.29 is 14.9 Å². The Hall–Kier alpha value is -2.67. The smallest absolute Gasteiger partial charge is 0.127 e. The van der Waals surface area contributed by atoms with Crippen LogP contribution >= 0.6 is 0 Å². The summed E-state index contributed by atoms with van der Waals surface area (Å²) in [7, 11) is 0. The molecule has 2 aromatic rings. The summed E-state index contributed by atoms with van der Waals surface area (Å²) >= 11 is 0. The van der Waals surface area contributed by atoms with Crippen LogP contribution < -0.4 is 4.74 Å². The van der Waals surface area contributed by atoms with Gasteiger partial charge in [-0.25, -0.2) is 0 Å². The van der Waals surface area contributed by atoms with Crippen molar-refractivity contribution in [1.82, 2.24) is 0 Å². The van der Waals surface area contributed by atoms with Gasteiger partial charge in [0, 0.05) is 17.4 Å². The number of phenolic OH excluding ortho intramolecular Hbond substituents is 2. The Morgan fingerprint density at radius 2 is 1.74 bits per heavy atom. The van der Waals surface area contributed by atoms with E-state index in [0.717, 1.165) is 29.7 Å². The maximum absolute atomic E-state index is 9.80. The van der Waals surface area contributed by atoms with Crippen LogP contribution in [0.25, 0.3) is 0 Å². The number of hydrogen-bond acceptors (Lipinski definition) is 4. The first-order valence-electron chi connectivity index (χ1n) is 7.84. The Morgan fingerprint density at radius 3 is 2.48 bits per heavy atom. The van der Waals surface area contributed by atoms with Gasteiger partial charge in [0.1, 0.15) is 23.4 Å². The number of rotatable bonds is 1. The van der Waals surface area contributed by atoms with Gasteiger partial charge < -0.3 is 14.9 Å². The first kappa shape index (κ1) is 14.0. The van der Waals surface area contributed by atoms with Crippen molar-refractivity contribution in [3.05, 3.63) is 53.6 Å². The summed E-state index contributed by atoms with van der Waals surface area (Å²) in [5, 5.41) is 28.6. The Kier molecular flexibility index (Phi) is 3.16. The predicted octanol–water partition coefficient (Wildman–Crippen LogP) is 3.86. The molecule has 4 heteroatoms. The van der Waals surface area contributed by atoms with Gasteiger partial charge >= 0.3 is 0 Å². The number of aromatic hydroxyl groups is 2. The highest BCUT2D eigenvalue weighted by Gasteiger charge is 2.45. The third-order valence-electron chi connectivity index (χ3n) is 5.05. The van der Waals surface area contributed by atoms with Crippen LogP contribution in [0.5, 0.6) is 17.2 Å². The van der Waals surface area contributed by atoms with E-state index in [1.165, 1.54) is 0 Å². The molecule has 116 valence electrons. The van der Waals surface area contributed by atoms with E-state index in [1.54, 1.807) is 30.3 Å². The fourth-order valence-corrected chi connectivity index (χ4v) is 4.00. The van der Waals surface area contributed by atoms with E-state index in [4.69, 9.17) is 4.74 Å². The van der Waals surface area contributed by atoms with E-state index in [9.17, 15) is 15.5 Å². The zero-order valence-corrected chi connectivity index (χ0v) is 12.5. The standard InChI is InChI=1S/C19H17NO3/c20-10-11-7-15-16-9-14(22)5-6-18(16)23-19(17(15)8-11)12-1-3-13(21)4-2-12/h1-6,9,11,15,17,19,21-22H,7-8H2/t11-,15-,17-,19-/m1/s1. The summed E-state index contributed by atoms with van der Waals surface area (Å²) in [6.45, 7) is 0. The number of phenols is 2. The summed E-state index contributed by atoms with van der Waals surface area (Å²) in [6, 6.07) is 14.7. The number of hydrogen-bond donors (Lipinski definition) is 2. The minimum absolute atomic E-state index is 0.0153. The van der Waals surface area contributed by atoms with E-state index in [-0.39, 0.29) is 35.4 Å². The highest BCUT2D eigenvalue weighted by Crippen LogP contribution is 2.55. The van der Waals surface area contributed by atoms with Crippen LogP contribution in [0.3, 0.4) is 0 Å². The Morgan fingerprint density at radius 1 is 1.00 bits per heavy atom. The number of benzene rings is 2. The molecule has 1 heterocycles. The fourth-order valence-electron chi connectivity index (χ4n) is 4.00. The molecule has 0 unspecified atom stereocenters. The number of nitrogens with zero attached hydrogens (tertiary/aromatic N) is 1. The van der Waals surface area contributed by atoms with Crippen LogP contribution in [0.2, 0.25) is 0 Å². The molecule has 1 aliphatic carbocycles. The fraction of sp³-hybridized carbons (Fsp3) is 0.316. The molecule has 1 aliphatic heterocycles. The van der Waals surface area contributed by atoms with Gasteiger partial charge in [0.05, 0.1) is 6.07 Å². The molecule has 2 N–H and O–H groups in total. The molecule has 0 saturated heterocycles. The quantitative estimate of drug-likeness (QED) is 0.839. The van der Waals surface area contributed by atoms with Gasteiger partial charge in [-0.1, -0.05) is 12.1 Å². The van der Waals surface area contributed by atoms with Crippen LogP contribution in [0.15, 0.2) is 42.5 Å². The number of ether oxygens (including phenoxy) is 1. The largest absolute Gasteiger partial charge is 0.508 e. The van der Waals surface area contributed by atoms with Gasteiger partial charge in [-0.2, -0.15) is 5.26 Å². The van der Waals surface area contributed by atoms with Crippen molar-refractivity contribution in [2.24, 2.45) is 11.8 Å². The lowest BCUT2D eigenvalue weighted by Gasteiger charge is -2.36. The average Bonchev–Trinajstić information content (AvgIpc) is 3.00. The highest BCUT2D eigenvalue weighted by atomic mass is 16.5. The zero-order chi connectivity index (χ0) is 16.0. The Balaban J connectivity index is 1.78. The molecule has 23 heavy (non-hydrogen) atoms. The molecular weight excluding hydrogens is 290 g/mol. The second-order valence-corrected chi connectivity index (χ2v) is 6.42. The summed E-state index contributed by atoms with van der Waals surface area (Å²) in [5.41, 5.74) is 2.01. The van der Waals surface area contributed by atoms with Gasteiger partial charge in [-0.15, -0.1) is 0 Å². The average molecular weight is 307 g/mol. The molecule has 2 aromatic carbocycles. The van der Waals surface area contributed by atoms with Crippen LogP contribution in [-0.4, -0.2) is 10.2 Å². The van der Waals surface area contributed by atoms with Crippen LogP contribution in [-0.2, 0) is 0 Å². The normalized spacial score (nSPS) is 28.3. The molecule has 4 atom stereocenters. The minimum atomic E-state index is -0.129. The molecule has 0 spiro atoms. The topological polar surface area (TPSA) is 73.5 Å². The Bertz CT molecular complexity index is 778. The summed E-state index contributed by atoms with van der Waals surface area (Å²) in [4.78, 5) is 0. The van der Waals surface area contributed by atoms with Gasteiger partial charge in [0.15, 0.2) is 0 Å². The zero-order valence-electron chi connectivity index (χ0n) is 12.5. The minimum Gasteiger partial charge on any atom is -0.508 e. The van der Waals surface area contributed by atoms with Crippen molar-refractivity contribution in [3.8, 4) is 23.3 Å². The van der Waals surface area contributed by atoms with E-state index < -0.39 is 0 Å². The van der Waals surface area contributed by atoms with Gasteiger partial charge in [-0.3, -0.25) is 0 Å². The lowest BCUT2D eigenvalue weighted by Crippen LogP contribution is -2.26. The third kappa shape index (κ3) is 2.29. The van der Waals surface area contributed by atoms with Crippen LogP contribution in [0, 0.1) is 23.2 Å². The van der Waals surface area contributed by atoms with E-state index >= 15 is 0 Å². The predicted molar refractivity (Wildman–Crippen MR) is 84.2 cm³/mol. The second-order valence-electron chi connectivity index (χ2n) is 6.42. The molecule has 4 rings (SSSR count). The molecular formula is C19H17NO3. The molecule has 1 fully saturated rings. The van der Waals surface area contributed by atoms with Gasteiger partial charge in [0.25, 0.3) is 0 Å². The lowest BCUT2D eigenvalue weighted by atomic mass is 9.80. The lowest BCUT2D eigenvalue weighted by molar-refractivity contribution is 0.103. The summed E-state index contributed by atoms with van der Waals surface area (Å²) < 4.78 is 6.22. The number of nitriles is 1. The molecule has 4 nitrogen and oxygen atoms in total. The monoisotopic (exact) mass is 307 g/mol. The molecule has 0 aromatic heterocycles. The van der Waals surface area contributed by atoms with Crippen molar-refractivity contribution in [2.75, 3.05) is 0 Å². The third-order valence-corrected chi connectivity index (χ3v) is 5.05. The molecule has 0 bridgehead atoms. The molecule has 0 radical (unpaired) electrons. The number of fused-ring (bicyclic) bond motifs is 3. The van der Waals surface area contributed by atoms with Crippen LogP contribution in [0.4, 0.5) is 0 Å². The first-order valence-corrected chi connectivity index (χ1v) is 7.84. The van der Waals surface area contributed by atoms with E-state index in [1.807, 2.05) is 12.1 Å². The summed E-state index contributed by atoms with van der Waals surface area (Å²) in [6.07, 6.45) is 1.47. The van der Waals surface area contributed by atoms with Crippen molar-refractivity contribution in [2.45, 2.75) is 24.9 Å². The summed E-state index contributed by atoms with van der Waals surface area (Å²) in [5.74, 6) is 1.68. The van der Waals surface area contributed by atoms with Gasteiger partial charge in [0.2, 0.25) is 0 Å².